The van der Waals surface area contributed by atoms with Crippen LogP contribution in [0.3, 0.4) is 0 Å². The standard InChI is InChI=1S/C15H23ClN2O/c1-11(17)8-9-14(19)18-10-15(2,3)12-6-4-5-7-13(12)16/h4-7,11H,8-10,17H2,1-3H3,(H,18,19). The van der Waals surface area contributed by atoms with Crippen LogP contribution in [-0.4, -0.2) is 18.5 Å². The predicted octanol–water partition coefficient (Wildman–Crippen LogP) is 2.86. The third-order valence-corrected chi connectivity index (χ3v) is 3.49. The number of carbonyl (C=O) groups excluding carboxylic acids is 1. The molecule has 0 saturated heterocycles. The van der Waals surface area contributed by atoms with E-state index in [9.17, 15) is 4.79 Å². The van der Waals surface area contributed by atoms with Crippen LogP contribution in [0, 0.1) is 0 Å². The highest BCUT2D eigenvalue weighted by Crippen LogP contribution is 2.28. The fourth-order valence-electron chi connectivity index (χ4n) is 1.87. The summed E-state index contributed by atoms with van der Waals surface area (Å²) >= 11 is 6.20. The molecule has 0 aromatic heterocycles. The first kappa shape index (κ1) is 16.0. The molecule has 3 N–H and O–H groups in total. The van der Waals surface area contributed by atoms with Crippen molar-refractivity contribution in [1.29, 1.82) is 0 Å². The number of nitrogens with two attached hydrogens (primary N) is 1. The second-order valence-electron chi connectivity index (χ2n) is 5.66. The highest BCUT2D eigenvalue weighted by molar-refractivity contribution is 6.31. The Morgan fingerprint density at radius 1 is 1.42 bits per heavy atom. The maximum absolute atomic E-state index is 11.7. The van der Waals surface area contributed by atoms with Crippen LogP contribution in [0.2, 0.25) is 5.02 Å². The first-order valence-corrected chi connectivity index (χ1v) is 6.98. The van der Waals surface area contributed by atoms with Crippen LogP contribution in [-0.2, 0) is 10.2 Å². The van der Waals surface area contributed by atoms with Gasteiger partial charge < -0.3 is 11.1 Å². The van der Waals surface area contributed by atoms with Gasteiger partial charge in [-0.2, -0.15) is 0 Å². The van der Waals surface area contributed by atoms with Crippen molar-refractivity contribution in [2.75, 3.05) is 6.54 Å². The van der Waals surface area contributed by atoms with Crippen LogP contribution in [0.15, 0.2) is 24.3 Å². The van der Waals surface area contributed by atoms with E-state index in [2.05, 4.69) is 19.2 Å². The van der Waals surface area contributed by atoms with Gasteiger partial charge in [0.05, 0.1) is 0 Å². The number of benzene rings is 1. The van der Waals surface area contributed by atoms with E-state index >= 15 is 0 Å². The second kappa shape index (κ2) is 6.92. The number of rotatable bonds is 6. The van der Waals surface area contributed by atoms with Crippen molar-refractivity contribution in [3.8, 4) is 0 Å². The Morgan fingerprint density at radius 3 is 2.63 bits per heavy atom. The van der Waals surface area contributed by atoms with Gasteiger partial charge in [0.25, 0.3) is 0 Å². The maximum atomic E-state index is 11.7. The van der Waals surface area contributed by atoms with E-state index in [1.165, 1.54) is 0 Å². The summed E-state index contributed by atoms with van der Waals surface area (Å²) in [6.07, 6.45) is 1.18. The third-order valence-electron chi connectivity index (χ3n) is 3.16. The minimum atomic E-state index is -0.192. The van der Waals surface area contributed by atoms with E-state index in [0.717, 1.165) is 10.6 Å². The van der Waals surface area contributed by atoms with Crippen molar-refractivity contribution < 1.29 is 4.79 Å². The molecule has 3 nitrogen and oxygen atoms in total. The van der Waals surface area contributed by atoms with Crippen molar-refractivity contribution in [1.82, 2.24) is 5.32 Å². The fraction of sp³-hybridized carbons (Fsp3) is 0.533. The number of amides is 1. The molecule has 106 valence electrons. The molecule has 1 aromatic rings. The smallest absolute Gasteiger partial charge is 0.220 e. The Labute approximate surface area is 120 Å². The molecule has 0 heterocycles. The Morgan fingerprint density at radius 2 is 2.05 bits per heavy atom. The highest BCUT2D eigenvalue weighted by Gasteiger charge is 2.23. The number of hydrogen-bond donors (Lipinski definition) is 2. The molecule has 0 saturated carbocycles. The van der Waals surface area contributed by atoms with E-state index in [-0.39, 0.29) is 17.4 Å². The van der Waals surface area contributed by atoms with Crippen LogP contribution < -0.4 is 11.1 Å². The maximum Gasteiger partial charge on any atom is 0.220 e. The van der Waals surface area contributed by atoms with Gasteiger partial charge in [-0.05, 0) is 25.0 Å². The van der Waals surface area contributed by atoms with Gasteiger partial charge in [0, 0.05) is 29.4 Å². The van der Waals surface area contributed by atoms with Crippen LogP contribution in [0.1, 0.15) is 39.2 Å². The molecule has 0 aliphatic heterocycles. The lowest BCUT2D eigenvalue weighted by molar-refractivity contribution is -0.121. The summed E-state index contributed by atoms with van der Waals surface area (Å²) in [6, 6.07) is 7.79. The number of carbonyl (C=O) groups is 1. The molecule has 1 unspecified atom stereocenters. The topological polar surface area (TPSA) is 55.1 Å². The van der Waals surface area contributed by atoms with Crippen molar-refractivity contribution in [3.63, 3.8) is 0 Å². The van der Waals surface area contributed by atoms with Gasteiger partial charge in [-0.3, -0.25) is 4.79 Å². The summed E-state index contributed by atoms with van der Waals surface area (Å²) in [5.74, 6) is 0.0393. The minimum Gasteiger partial charge on any atom is -0.355 e. The summed E-state index contributed by atoms with van der Waals surface area (Å²) in [6.45, 7) is 6.61. The van der Waals surface area contributed by atoms with Gasteiger partial charge in [0.15, 0.2) is 0 Å². The predicted molar refractivity (Wildman–Crippen MR) is 80.4 cm³/mol. The second-order valence-corrected chi connectivity index (χ2v) is 6.06. The van der Waals surface area contributed by atoms with Crippen molar-refractivity contribution in [2.45, 2.75) is 45.1 Å². The van der Waals surface area contributed by atoms with Crippen LogP contribution in [0.25, 0.3) is 0 Å². The summed E-state index contributed by atoms with van der Waals surface area (Å²) in [7, 11) is 0. The van der Waals surface area contributed by atoms with Crippen LogP contribution in [0.5, 0.6) is 0 Å². The van der Waals surface area contributed by atoms with Crippen LogP contribution in [0.4, 0.5) is 0 Å². The lowest BCUT2D eigenvalue weighted by atomic mass is 9.84. The van der Waals surface area contributed by atoms with E-state index in [1.54, 1.807) is 0 Å². The average Bonchev–Trinajstić information content (AvgIpc) is 2.34. The summed E-state index contributed by atoms with van der Waals surface area (Å²) in [4.78, 5) is 11.7. The average molecular weight is 283 g/mol. The van der Waals surface area contributed by atoms with Gasteiger partial charge in [0.1, 0.15) is 0 Å². The third kappa shape index (κ3) is 5.21. The Balaban J connectivity index is 2.56. The molecule has 0 radical (unpaired) electrons. The molecule has 4 heteroatoms. The molecule has 1 aromatic carbocycles. The molecule has 1 atom stereocenters. The quantitative estimate of drug-likeness (QED) is 0.843. The number of hydrogen-bond acceptors (Lipinski definition) is 2. The summed E-state index contributed by atoms with van der Waals surface area (Å²) in [5, 5.41) is 3.68. The van der Waals surface area contributed by atoms with Gasteiger partial charge in [-0.25, -0.2) is 0 Å². The minimum absolute atomic E-state index is 0.0393. The molecule has 1 rings (SSSR count). The van der Waals surface area contributed by atoms with Crippen molar-refractivity contribution in [3.05, 3.63) is 34.9 Å². The highest BCUT2D eigenvalue weighted by atomic mass is 35.5. The number of halogens is 1. The van der Waals surface area contributed by atoms with Crippen LogP contribution >= 0.6 is 11.6 Å². The molecule has 0 spiro atoms. The molecule has 0 aliphatic carbocycles. The van der Waals surface area contributed by atoms with Crippen molar-refractivity contribution >= 4 is 17.5 Å². The fourth-order valence-corrected chi connectivity index (χ4v) is 2.26. The lowest BCUT2D eigenvalue weighted by Gasteiger charge is -2.26. The first-order valence-electron chi connectivity index (χ1n) is 6.60. The Bertz CT molecular complexity index is 430. The van der Waals surface area contributed by atoms with Gasteiger partial charge in [0.2, 0.25) is 5.91 Å². The molecule has 0 aliphatic rings. The van der Waals surface area contributed by atoms with E-state index < -0.39 is 0 Å². The number of nitrogens with one attached hydrogen (secondary N) is 1. The zero-order valence-corrected chi connectivity index (χ0v) is 12.6. The van der Waals surface area contributed by atoms with E-state index in [1.807, 2.05) is 31.2 Å². The molecular weight excluding hydrogens is 260 g/mol. The molecular formula is C15H23ClN2O. The molecule has 19 heavy (non-hydrogen) atoms. The first-order chi connectivity index (χ1) is 8.83. The molecule has 1 amide bonds. The van der Waals surface area contributed by atoms with Crippen molar-refractivity contribution in [2.24, 2.45) is 5.73 Å². The normalized spacial score (nSPS) is 13.1. The SMILES string of the molecule is CC(N)CCC(=O)NCC(C)(C)c1ccccc1Cl. The lowest BCUT2D eigenvalue weighted by Crippen LogP contribution is -2.37. The largest absolute Gasteiger partial charge is 0.355 e. The Hall–Kier alpha value is -1.06. The monoisotopic (exact) mass is 282 g/mol. The summed E-state index contributed by atoms with van der Waals surface area (Å²) < 4.78 is 0. The van der Waals surface area contributed by atoms with Gasteiger partial charge >= 0.3 is 0 Å². The van der Waals surface area contributed by atoms with E-state index in [4.69, 9.17) is 17.3 Å². The Kier molecular flexibility index (Phi) is 5.83. The van der Waals surface area contributed by atoms with Gasteiger partial charge in [-0.1, -0.05) is 43.6 Å². The summed E-state index contributed by atoms with van der Waals surface area (Å²) in [5.41, 5.74) is 6.49. The van der Waals surface area contributed by atoms with Gasteiger partial charge in [-0.15, -0.1) is 0 Å². The van der Waals surface area contributed by atoms with E-state index in [0.29, 0.717) is 19.4 Å². The molecule has 0 fully saturated rings. The zero-order valence-electron chi connectivity index (χ0n) is 11.9. The zero-order chi connectivity index (χ0) is 14.5. The molecule has 0 bridgehead atoms.